The van der Waals surface area contributed by atoms with Gasteiger partial charge in [0.2, 0.25) is 0 Å². The Bertz CT molecular complexity index is 503. The van der Waals surface area contributed by atoms with Crippen LogP contribution in [0.2, 0.25) is 0 Å². The lowest BCUT2D eigenvalue weighted by Gasteiger charge is -2.21. The summed E-state index contributed by atoms with van der Waals surface area (Å²) in [6.45, 7) is 0.670. The van der Waals surface area contributed by atoms with Crippen LogP contribution >= 0.6 is 0 Å². The zero-order chi connectivity index (χ0) is 13.4. The van der Waals surface area contributed by atoms with Gasteiger partial charge >= 0.3 is 0 Å². The Morgan fingerprint density at radius 3 is 2.84 bits per heavy atom. The summed E-state index contributed by atoms with van der Waals surface area (Å²) in [5, 5.41) is 2.87. The van der Waals surface area contributed by atoms with E-state index in [4.69, 9.17) is 5.73 Å². The first-order valence-electron chi connectivity index (χ1n) is 6.96. The Morgan fingerprint density at radius 1 is 1.37 bits per heavy atom. The maximum Gasteiger partial charge on any atom is 0.254 e. The molecule has 3 N–H and O–H groups in total. The molecule has 3 nitrogen and oxygen atoms in total. The van der Waals surface area contributed by atoms with Crippen molar-refractivity contribution in [2.45, 2.75) is 25.7 Å². The van der Waals surface area contributed by atoms with E-state index in [9.17, 15) is 9.18 Å². The predicted octanol–water partition coefficient (Wildman–Crippen LogP) is 2.57. The zero-order valence-electron chi connectivity index (χ0n) is 10.9. The first kappa shape index (κ1) is 12.5. The van der Waals surface area contributed by atoms with Gasteiger partial charge in [0.15, 0.2) is 0 Å². The van der Waals surface area contributed by atoms with Crippen LogP contribution in [0.3, 0.4) is 0 Å². The lowest BCUT2D eigenvalue weighted by atomic mass is 9.89. The molecule has 2 aliphatic carbocycles. The molecule has 0 aliphatic heterocycles. The van der Waals surface area contributed by atoms with Crippen LogP contribution in [0.25, 0.3) is 0 Å². The Balaban J connectivity index is 1.59. The maximum atomic E-state index is 13.6. The highest BCUT2D eigenvalue weighted by atomic mass is 19.1. The van der Waals surface area contributed by atoms with Crippen LogP contribution in [0.5, 0.6) is 0 Å². The minimum absolute atomic E-state index is 0.0809. The van der Waals surface area contributed by atoms with Crippen LogP contribution < -0.4 is 11.1 Å². The third-order valence-electron chi connectivity index (χ3n) is 4.65. The van der Waals surface area contributed by atoms with Crippen molar-refractivity contribution in [2.75, 3.05) is 12.3 Å². The molecule has 1 aromatic rings. The van der Waals surface area contributed by atoms with Crippen molar-refractivity contribution in [1.82, 2.24) is 5.32 Å². The standard InChI is InChI=1S/C15H19FN2O/c16-14-7-12(17)3-4-13(14)15(19)18-8-11-6-9-1-2-10(11)5-9/h3-4,7,9-11H,1-2,5-6,8,17H2,(H,18,19). The lowest BCUT2D eigenvalue weighted by molar-refractivity contribution is 0.0938. The molecule has 3 unspecified atom stereocenters. The molecule has 2 bridgehead atoms. The average molecular weight is 262 g/mol. The molecule has 2 fully saturated rings. The number of halogens is 1. The Labute approximate surface area is 112 Å². The number of carbonyl (C=O) groups excluding carboxylic acids is 1. The molecule has 19 heavy (non-hydrogen) atoms. The van der Waals surface area contributed by atoms with E-state index in [-0.39, 0.29) is 11.5 Å². The molecular formula is C15H19FN2O. The monoisotopic (exact) mass is 262 g/mol. The summed E-state index contributed by atoms with van der Waals surface area (Å²) in [5.74, 6) is 1.33. The number of fused-ring (bicyclic) bond motifs is 2. The fourth-order valence-corrected chi connectivity index (χ4v) is 3.66. The van der Waals surface area contributed by atoms with Crippen molar-refractivity contribution >= 4 is 11.6 Å². The second kappa shape index (κ2) is 4.83. The van der Waals surface area contributed by atoms with Crippen molar-refractivity contribution < 1.29 is 9.18 Å². The highest BCUT2D eigenvalue weighted by molar-refractivity contribution is 5.94. The minimum Gasteiger partial charge on any atom is -0.399 e. The van der Waals surface area contributed by atoms with Gasteiger partial charge in [-0.2, -0.15) is 0 Å². The normalized spacial score (nSPS) is 28.6. The van der Waals surface area contributed by atoms with Crippen molar-refractivity contribution in [3.8, 4) is 0 Å². The van der Waals surface area contributed by atoms with E-state index >= 15 is 0 Å². The van der Waals surface area contributed by atoms with Crippen molar-refractivity contribution in [2.24, 2.45) is 17.8 Å². The molecule has 2 saturated carbocycles. The van der Waals surface area contributed by atoms with Crippen LogP contribution in [0.4, 0.5) is 10.1 Å². The third-order valence-corrected chi connectivity index (χ3v) is 4.65. The number of carbonyl (C=O) groups is 1. The molecule has 2 aliphatic rings. The number of nitrogen functional groups attached to an aromatic ring is 1. The van der Waals surface area contributed by atoms with Crippen molar-refractivity contribution in [3.63, 3.8) is 0 Å². The minimum atomic E-state index is -0.551. The number of amides is 1. The van der Waals surface area contributed by atoms with E-state index in [0.717, 1.165) is 11.8 Å². The van der Waals surface area contributed by atoms with Crippen LogP contribution in [0.15, 0.2) is 18.2 Å². The molecule has 1 amide bonds. The van der Waals surface area contributed by atoms with Gasteiger partial charge in [0.1, 0.15) is 5.82 Å². The zero-order valence-corrected chi connectivity index (χ0v) is 10.9. The van der Waals surface area contributed by atoms with Crippen LogP contribution in [0.1, 0.15) is 36.0 Å². The molecule has 0 saturated heterocycles. The first-order valence-corrected chi connectivity index (χ1v) is 6.96. The first-order chi connectivity index (χ1) is 9.13. The van der Waals surface area contributed by atoms with Crippen molar-refractivity contribution in [1.29, 1.82) is 0 Å². The van der Waals surface area contributed by atoms with Gasteiger partial charge in [0.05, 0.1) is 5.56 Å². The van der Waals surface area contributed by atoms with Gasteiger partial charge in [-0.1, -0.05) is 6.42 Å². The fourth-order valence-electron chi connectivity index (χ4n) is 3.66. The highest BCUT2D eigenvalue weighted by Gasteiger charge is 2.39. The summed E-state index contributed by atoms with van der Waals surface area (Å²) in [5.41, 5.74) is 5.89. The molecule has 3 rings (SSSR count). The van der Waals surface area contributed by atoms with E-state index in [1.807, 2.05) is 0 Å². The quantitative estimate of drug-likeness (QED) is 0.823. The summed E-state index contributed by atoms with van der Waals surface area (Å²) in [7, 11) is 0. The van der Waals surface area contributed by atoms with Crippen LogP contribution in [-0.2, 0) is 0 Å². The topological polar surface area (TPSA) is 55.1 Å². The smallest absolute Gasteiger partial charge is 0.254 e. The predicted molar refractivity (Wildman–Crippen MR) is 72.1 cm³/mol. The van der Waals surface area contributed by atoms with Crippen LogP contribution in [-0.4, -0.2) is 12.5 Å². The molecule has 0 aromatic heterocycles. The molecule has 4 heteroatoms. The van der Waals surface area contributed by atoms with Crippen molar-refractivity contribution in [3.05, 3.63) is 29.6 Å². The molecule has 0 spiro atoms. The maximum absolute atomic E-state index is 13.6. The second-order valence-corrected chi connectivity index (χ2v) is 5.88. The largest absolute Gasteiger partial charge is 0.399 e. The molecule has 0 radical (unpaired) electrons. The number of rotatable bonds is 3. The number of hydrogen-bond donors (Lipinski definition) is 2. The van der Waals surface area contributed by atoms with E-state index in [2.05, 4.69) is 5.32 Å². The Kier molecular flexibility index (Phi) is 3.17. The fraction of sp³-hybridized carbons (Fsp3) is 0.533. The van der Waals surface area contributed by atoms with Gasteiger partial charge in [-0.25, -0.2) is 4.39 Å². The van der Waals surface area contributed by atoms with E-state index < -0.39 is 5.82 Å². The summed E-state index contributed by atoms with van der Waals surface area (Å²) in [4.78, 5) is 11.9. The number of anilines is 1. The number of nitrogens with one attached hydrogen (secondary N) is 1. The summed E-state index contributed by atoms with van der Waals surface area (Å²) in [6, 6.07) is 4.18. The molecule has 0 heterocycles. The Hall–Kier alpha value is -1.58. The number of hydrogen-bond acceptors (Lipinski definition) is 2. The van der Waals surface area contributed by atoms with Gasteiger partial charge in [-0.05, 0) is 55.2 Å². The Morgan fingerprint density at radius 2 is 2.21 bits per heavy atom. The second-order valence-electron chi connectivity index (χ2n) is 5.88. The third kappa shape index (κ3) is 2.44. The van der Waals surface area contributed by atoms with Crippen LogP contribution in [0, 0.1) is 23.6 Å². The average Bonchev–Trinajstić information content (AvgIpc) is 2.98. The lowest BCUT2D eigenvalue weighted by Crippen LogP contribution is -2.32. The van der Waals surface area contributed by atoms with Gasteiger partial charge in [-0.3, -0.25) is 4.79 Å². The highest BCUT2D eigenvalue weighted by Crippen LogP contribution is 2.47. The van der Waals surface area contributed by atoms with Gasteiger partial charge in [-0.15, -0.1) is 0 Å². The summed E-state index contributed by atoms with van der Waals surface area (Å²) in [6.07, 6.45) is 5.18. The molecule has 3 atom stereocenters. The van der Waals surface area contributed by atoms with Gasteiger partial charge in [0.25, 0.3) is 5.91 Å². The molecule has 102 valence electrons. The molecular weight excluding hydrogens is 243 g/mol. The molecule has 1 aromatic carbocycles. The van der Waals surface area contributed by atoms with E-state index in [1.54, 1.807) is 6.07 Å². The summed E-state index contributed by atoms with van der Waals surface area (Å²) < 4.78 is 13.6. The van der Waals surface area contributed by atoms with Gasteiger partial charge in [0, 0.05) is 12.2 Å². The number of nitrogens with two attached hydrogens (primary N) is 1. The number of benzene rings is 1. The van der Waals surface area contributed by atoms with Gasteiger partial charge < -0.3 is 11.1 Å². The summed E-state index contributed by atoms with van der Waals surface area (Å²) >= 11 is 0. The van der Waals surface area contributed by atoms with E-state index in [1.165, 1.54) is 37.8 Å². The van der Waals surface area contributed by atoms with E-state index in [0.29, 0.717) is 18.2 Å². The SMILES string of the molecule is Nc1ccc(C(=O)NCC2CC3CCC2C3)c(F)c1.